The second-order valence-corrected chi connectivity index (χ2v) is 4.42. The van der Waals surface area contributed by atoms with E-state index < -0.39 is 0 Å². The largest absolute Gasteiger partial charge is 0.508 e. The fourth-order valence-electron chi connectivity index (χ4n) is 1.79. The molecular formula is C15H25N3O3. The molecule has 0 atom stereocenters. The number of guanidine groups is 1. The first-order valence-corrected chi connectivity index (χ1v) is 7.08. The van der Waals surface area contributed by atoms with Crippen LogP contribution >= 0.6 is 0 Å². The van der Waals surface area contributed by atoms with Gasteiger partial charge in [0.2, 0.25) is 0 Å². The minimum absolute atomic E-state index is 0.248. The van der Waals surface area contributed by atoms with E-state index in [1.54, 1.807) is 20.3 Å². The number of benzene rings is 1. The van der Waals surface area contributed by atoms with E-state index in [9.17, 15) is 5.11 Å². The Bertz CT molecular complexity index is 450. The number of hydrogen-bond acceptors (Lipinski definition) is 4. The maximum atomic E-state index is 9.89. The van der Waals surface area contributed by atoms with Crippen molar-refractivity contribution in [2.75, 3.05) is 40.5 Å². The summed E-state index contributed by atoms with van der Waals surface area (Å²) >= 11 is 0. The van der Waals surface area contributed by atoms with Crippen LogP contribution in [0.25, 0.3) is 0 Å². The highest BCUT2D eigenvalue weighted by Crippen LogP contribution is 2.23. The molecule has 1 rings (SSSR count). The van der Waals surface area contributed by atoms with Crippen molar-refractivity contribution >= 4 is 5.96 Å². The third kappa shape index (κ3) is 6.35. The number of hydrogen-bond donors (Lipinski definition) is 3. The number of aliphatic imine (C=N–C) groups is 1. The van der Waals surface area contributed by atoms with Crippen molar-refractivity contribution in [2.24, 2.45) is 4.99 Å². The quantitative estimate of drug-likeness (QED) is 0.381. The topological polar surface area (TPSA) is 75.1 Å². The van der Waals surface area contributed by atoms with E-state index in [-0.39, 0.29) is 5.75 Å². The summed E-state index contributed by atoms with van der Waals surface area (Å²) in [6.07, 6.45) is 0.699. The van der Waals surface area contributed by atoms with Gasteiger partial charge in [0.15, 0.2) is 5.96 Å². The average molecular weight is 295 g/mol. The van der Waals surface area contributed by atoms with Crippen LogP contribution in [0.4, 0.5) is 0 Å². The van der Waals surface area contributed by atoms with Crippen molar-refractivity contribution in [1.82, 2.24) is 10.6 Å². The molecule has 0 amide bonds. The number of aromatic hydroxyl groups is 1. The van der Waals surface area contributed by atoms with E-state index >= 15 is 0 Å². The van der Waals surface area contributed by atoms with Gasteiger partial charge < -0.3 is 25.2 Å². The minimum atomic E-state index is 0.248. The molecule has 0 aliphatic carbocycles. The van der Waals surface area contributed by atoms with E-state index in [1.165, 1.54) is 0 Å². The molecule has 1 aromatic rings. The Kier molecular flexibility index (Phi) is 8.04. The van der Waals surface area contributed by atoms with Crippen LogP contribution in [0.1, 0.15) is 12.5 Å². The molecule has 0 spiro atoms. The molecule has 21 heavy (non-hydrogen) atoms. The fourth-order valence-corrected chi connectivity index (χ4v) is 1.79. The van der Waals surface area contributed by atoms with Gasteiger partial charge >= 0.3 is 0 Å². The molecule has 0 radical (unpaired) electrons. The maximum absolute atomic E-state index is 9.89. The Morgan fingerprint density at radius 2 is 2.10 bits per heavy atom. The predicted molar refractivity (Wildman–Crippen MR) is 84.2 cm³/mol. The number of nitrogens with one attached hydrogen (secondary N) is 2. The summed E-state index contributed by atoms with van der Waals surface area (Å²) in [7, 11) is 3.23. The molecule has 6 heteroatoms. The van der Waals surface area contributed by atoms with Gasteiger partial charge in [-0.3, -0.25) is 4.99 Å². The zero-order valence-corrected chi connectivity index (χ0v) is 13.0. The molecular weight excluding hydrogens is 270 g/mol. The van der Waals surface area contributed by atoms with E-state index in [1.807, 2.05) is 19.1 Å². The molecule has 3 N–H and O–H groups in total. The highest BCUT2D eigenvalue weighted by atomic mass is 16.5. The molecule has 0 bridgehead atoms. The first-order valence-electron chi connectivity index (χ1n) is 7.08. The molecule has 0 fully saturated rings. The molecule has 0 unspecified atom stereocenters. The highest BCUT2D eigenvalue weighted by Gasteiger charge is 2.03. The lowest BCUT2D eigenvalue weighted by Crippen LogP contribution is -2.38. The van der Waals surface area contributed by atoms with Gasteiger partial charge in [-0.1, -0.05) is 6.07 Å². The summed E-state index contributed by atoms with van der Waals surface area (Å²) in [5.74, 6) is 1.65. The van der Waals surface area contributed by atoms with Crippen LogP contribution in [-0.4, -0.2) is 51.5 Å². The second-order valence-electron chi connectivity index (χ2n) is 4.42. The summed E-state index contributed by atoms with van der Waals surface area (Å²) < 4.78 is 10.0. The maximum Gasteiger partial charge on any atom is 0.191 e. The predicted octanol–water partition coefficient (Wildman–Crippen LogP) is 1.14. The number of rotatable bonds is 8. The first kappa shape index (κ1) is 17.1. The lowest BCUT2D eigenvalue weighted by molar-refractivity contribution is 0.208. The van der Waals surface area contributed by atoms with Gasteiger partial charge in [-0.05, 0) is 25.0 Å². The lowest BCUT2D eigenvalue weighted by Gasteiger charge is -2.12. The normalized spacial score (nSPS) is 11.3. The number of nitrogens with zero attached hydrogens (tertiary/aromatic N) is 1. The second kappa shape index (κ2) is 9.88. The molecule has 0 aromatic heterocycles. The van der Waals surface area contributed by atoms with Crippen molar-refractivity contribution in [1.29, 1.82) is 0 Å². The first-order chi connectivity index (χ1) is 10.2. The zero-order valence-electron chi connectivity index (χ0n) is 13.0. The van der Waals surface area contributed by atoms with Crippen LogP contribution < -0.4 is 15.4 Å². The van der Waals surface area contributed by atoms with Crippen molar-refractivity contribution < 1.29 is 14.6 Å². The van der Waals surface area contributed by atoms with Crippen molar-refractivity contribution in [3.05, 3.63) is 23.8 Å². The summed E-state index contributed by atoms with van der Waals surface area (Å²) in [4.78, 5) is 4.37. The molecule has 0 aliphatic heterocycles. The standard InChI is InChI=1S/C15H25N3O3/c1-4-16-15(18-9-10-20-2)17-8-7-12-5-6-13(21-3)11-14(12)19/h5-6,11,19H,4,7-10H2,1-3H3,(H2,16,17,18). The Morgan fingerprint density at radius 3 is 2.71 bits per heavy atom. The molecule has 118 valence electrons. The van der Waals surface area contributed by atoms with Gasteiger partial charge in [0.05, 0.1) is 20.3 Å². The van der Waals surface area contributed by atoms with Gasteiger partial charge in [0.25, 0.3) is 0 Å². The van der Waals surface area contributed by atoms with Crippen LogP contribution in [0.2, 0.25) is 0 Å². The van der Waals surface area contributed by atoms with Crippen LogP contribution in [0.3, 0.4) is 0 Å². The van der Waals surface area contributed by atoms with Crippen molar-refractivity contribution in [3.8, 4) is 11.5 Å². The van der Waals surface area contributed by atoms with Crippen LogP contribution in [0.15, 0.2) is 23.2 Å². The van der Waals surface area contributed by atoms with E-state index in [4.69, 9.17) is 9.47 Å². The SMILES string of the molecule is CCNC(=NCCOC)NCCc1ccc(OC)cc1O. The molecule has 0 aliphatic rings. The number of ether oxygens (including phenoxy) is 2. The van der Waals surface area contributed by atoms with Gasteiger partial charge in [-0.15, -0.1) is 0 Å². The number of phenols is 1. The van der Waals surface area contributed by atoms with Crippen LogP contribution in [0, 0.1) is 0 Å². The van der Waals surface area contributed by atoms with Gasteiger partial charge in [-0.2, -0.15) is 0 Å². The summed E-state index contributed by atoms with van der Waals surface area (Å²) in [5, 5.41) is 16.3. The Balaban J connectivity index is 2.47. The smallest absolute Gasteiger partial charge is 0.191 e. The van der Waals surface area contributed by atoms with E-state index in [0.717, 1.165) is 18.1 Å². The van der Waals surface area contributed by atoms with Crippen LogP contribution in [-0.2, 0) is 11.2 Å². The Hall–Kier alpha value is -1.95. The Labute approximate surface area is 126 Å². The zero-order chi connectivity index (χ0) is 15.5. The van der Waals surface area contributed by atoms with Gasteiger partial charge in [0, 0.05) is 26.3 Å². The number of methoxy groups -OCH3 is 2. The summed E-state index contributed by atoms with van der Waals surface area (Å²) in [6, 6.07) is 5.32. The number of phenolic OH excluding ortho intramolecular Hbond substituents is 1. The third-order valence-corrected chi connectivity index (χ3v) is 2.89. The molecule has 0 heterocycles. The highest BCUT2D eigenvalue weighted by molar-refractivity contribution is 5.79. The van der Waals surface area contributed by atoms with Crippen LogP contribution in [0.5, 0.6) is 11.5 Å². The summed E-state index contributed by atoms with van der Waals surface area (Å²) in [5.41, 5.74) is 0.871. The summed E-state index contributed by atoms with van der Waals surface area (Å²) in [6.45, 7) is 4.70. The molecule has 0 saturated heterocycles. The third-order valence-electron chi connectivity index (χ3n) is 2.89. The van der Waals surface area contributed by atoms with E-state index in [2.05, 4.69) is 15.6 Å². The Morgan fingerprint density at radius 1 is 1.29 bits per heavy atom. The minimum Gasteiger partial charge on any atom is -0.508 e. The fraction of sp³-hybridized carbons (Fsp3) is 0.533. The van der Waals surface area contributed by atoms with Crippen molar-refractivity contribution in [2.45, 2.75) is 13.3 Å². The average Bonchev–Trinajstić information content (AvgIpc) is 2.49. The molecule has 0 saturated carbocycles. The lowest BCUT2D eigenvalue weighted by atomic mass is 10.1. The molecule has 6 nitrogen and oxygen atoms in total. The van der Waals surface area contributed by atoms with Gasteiger partial charge in [-0.25, -0.2) is 0 Å². The van der Waals surface area contributed by atoms with E-state index in [0.29, 0.717) is 31.9 Å². The van der Waals surface area contributed by atoms with Crippen molar-refractivity contribution in [3.63, 3.8) is 0 Å². The van der Waals surface area contributed by atoms with Gasteiger partial charge in [0.1, 0.15) is 11.5 Å². The monoisotopic (exact) mass is 295 g/mol. The molecule has 1 aromatic carbocycles.